The molecule has 0 spiro atoms. The quantitative estimate of drug-likeness (QED) is 0.274. The molecule has 3 amide bonds. The van der Waals surface area contributed by atoms with Gasteiger partial charge in [0.2, 0.25) is 5.91 Å². The van der Waals surface area contributed by atoms with Crippen LogP contribution in [0.2, 0.25) is 0 Å². The summed E-state index contributed by atoms with van der Waals surface area (Å²) in [5.41, 5.74) is 1.04. The lowest BCUT2D eigenvalue weighted by atomic mass is 10.0. The number of aromatic nitrogens is 1. The molecule has 44 heavy (non-hydrogen) atoms. The van der Waals surface area contributed by atoms with Crippen LogP contribution in [0.15, 0.2) is 66.9 Å². The van der Waals surface area contributed by atoms with Crippen LogP contribution in [0.3, 0.4) is 0 Å². The second kappa shape index (κ2) is 14.7. The lowest BCUT2D eigenvalue weighted by Gasteiger charge is -2.25. The van der Waals surface area contributed by atoms with E-state index in [9.17, 15) is 24.0 Å². The molecule has 10 nitrogen and oxygen atoms in total. The van der Waals surface area contributed by atoms with Crippen molar-refractivity contribution in [1.29, 1.82) is 5.26 Å². The van der Waals surface area contributed by atoms with Crippen LogP contribution < -0.4 is 16.0 Å². The highest BCUT2D eigenvalue weighted by Gasteiger charge is 2.30. The molecule has 3 aromatic rings. The van der Waals surface area contributed by atoms with Gasteiger partial charge in [-0.3, -0.25) is 9.59 Å². The van der Waals surface area contributed by atoms with Crippen molar-refractivity contribution in [3.8, 4) is 17.3 Å². The Bertz CT molecular complexity index is 1610. The number of carbonyl (C=O) groups is 3. The molecule has 0 bridgehead atoms. The third kappa shape index (κ3) is 8.16. The Hall–Kier alpha value is -5.31. The number of benzene rings is 2. The summed E-state index contributed by atoms with van der Waals surface area (Å²) in [6, 6.07) is 15.3. The van der Waals surface area contributed by atoms with E-state index >= 15 is 4.39 Å². The molecule has 0 saturated carbocycles. The van der Waals surface area contributed by atoms with E-state index < -0.39 is 17.8 Å². The van der Waals surface area contributed by atoms with Crippen molar-refractivity contribution in [2.45, 2.75) is 32.2 Å². The number of nitrogens with one attached hydrogen (secondary N) is 3. The van der Waals surface area contributed by atoms with E-state index in [-0.39, 0.29) is 71.4 Å². The van der Waals surface area contributed by atoms with Gasteiger partial charge >= 0.3 is 6.09 Å². The predicted molar refractivity (Wildman–Crippen MR) is 159 cm³/mol. The average molecular weight is 603 g/mol. The van der Waals surface area contributed by atoms with Gasteiger partial charge in [0, 0.05) is 31.2 Å². The maximum atomic E-state index is 15.4. The molecule has 1 aliphatic heterocycles. The topological polar surface area (TPSA) is 136 Å². The zero-order valence-corrected chi connectivity index (χ0v) is 24.2. The van der Waals surface area contributed by atoms with Crippen molar-refractivity contribution in [2.24, 2.45) is 0 Å². The van der Waals surface area contributed by atoms with E-state index in [1.54, 1.807) is 41.3 Å². The van der Waals surface area contributed by atoms with E-state index in [2.05, 4.69) is 27.5 Å². The van der Waals surface area contributed by atoms with E-state index in [4.69, 9.17) is 4.74 Å². The normalized spacial score (nSPS) is 14.0. The van der Waals surface area contributed by atoms with Gasteiger partial charge in [0.15, 0.2) is 0 Å². The van der Waals surface area contributed by atoms with Gasteiger partial charge in [-0.2, -0.15) is 5.26 Å². The van der Waals surface area contributed by atoms with E-state index in [1.807, 2.05) is 6.07 Å². The van der Waals surface area contributed by atoms with Crippen molar-refractivity contribution in [1.82, 2.24) is 20.5 Å². The van der Waals surface area contributed by atoms with E-state index in [0.29, 0.717) is 31.4 Å². The van der Waals surface area contributed by atoms with Crippen molar-refractivity contribution >= 4 is 23.7 Å². The number of nitriles is 1. The van der Waals surface area contributed by atoms with Gasteiger partial charge in [-0.05, 0) is 56.0 Å². The maximum absolute atomic E-state index is 15.4. The number of hydrogen-bond donors (Lipinski definition) is 3. The standard InChI is InChI=1S/C32H32F2N6O4/c1-20(2)44-32(43)38-19-28(41)40-14-6-10-24(40)18-37-31(42)26-16-27(34)29(25-11-4-3-8-22(25)17-35)39-30(26)36-13-12-21-7-5-9-23(33)15-21/h3-5,7-9,11,15-16,24H,1,6,10,12-14,18-19H2,2H3,(H,36,39)(H,37,42)(H,38,43)/t24-/m1/s1. The summed E-state index contributed by atoms with van der Waals surface area (Å²) < 4.78 is 33.9. The zero-order valence-electron chi connectivity index (χ0n) is 24.2. The van der Waals surface area contributed by atoms with E-state index in [0.717, 1.165) is 6.07 Å². The fourth-order valence-corrected chi connectivity index (χ4v) is 4.92. The highest BCUT2D eigenvalue weighted by atomic mass is 19.1. The first kappa shape index (κ1) is 31.6. The number of pyridine rings is 1. The summed E-state index contributed by atoms with van der Waals surface area (Å²) in [6.45, 7) is 5.49. The van der Waals surface area contributed by atoms with E-state index in [1.165, 1.54) is 19.1 Å². The smallest absolute Gasteiger partial charge is 0.412 e. The van der Waals surface area contributed by atoms with Gasteiger partial charge in [-0.25, -0.2) is 18.6 Å². The molecule has 0 aliphatic carbocycles. The third-order valence-electron chi connectivity index (χ3n) is 6.97. The van der Waals surface area contributed by atoms with Gasteiger partial charge < -0.3 is 25.6 Å². The molecule has 1 atom stereocenters. The van der Waals surface area contributed by atoms with Gasteiger partial charge in [0.05, 0.1) is 23.0 Å². The lowest BCUT2D eigenvalue weighted by molar-refractivity contribution is -0.130. The van der Waals surface area contributed by atoms with Crippen LogP contribution in [0.5, 0.6) is 0 Å². The van der Waals surface area contributed by atoms with Crippen molar-refractivity contribution in [3.63, 3.8) is 0 Å². The molecule has 12 heteroatoms. The molecule has 1 aromatic heterocycles. The fraction of sp³-hybridized carbons (Fsp3) is 0.281. The van der Waals surface area contributed by atoms with Crippen LogP contribution in [0.1, 0.15) is 41.3 Å². The summed E-state index contributed by atoms with van der Waals surface area (Å²) in [7, 11) is 0. The van der Waals surface area contributed by atoms with Crippen LogP contribution in [-0.4, -0.2) is 60.0 Å². The Kier molecular flexibility index (Phi) is 10.6. The zero-order chi connectivity index (χ0) is 31.6. The second-order valence-electron chi connectivity index (χ2n) is 10.2. The molecule has 2 aromatic carbocycles. The summed E-state index contributed by atoms with van der Waals surface area (Å²) in [5, 5.41) is 17.8. The first-order valence-electron chi connectivity index (χ1n) is 14.0. The number of likely N-dealkylation sites (tertiary alicyclic amines) is 1. The SMILES string of the molecule is C=C(C)OC(=O)NCC(=O)N1CCC[C@@H]1CNC(=O)c1cc(F)c(-c2ccccc2C#N)nc1NCCc1cccc(F)c1. The molecule has 3 N–H and O–H groups in total. The van der Waals surface area contributed by atoms with Crippen molar-refractivity contribution < 1.29 is 27.9 Å². The minimum Gasteiger partial charge on any atom is -0.416 e. The largest absolute Gasteiger partial charge is 0.416 e. The molecule has 228 valence electrons. The predicted octanol–water partition coefficient (Wildman–Crippen LogP) is 4.53. The Morgan fingerprint density at radius 1 is 1.14 bits per heavy atom. The summed E-state index contributed by atoms with van der Waals surface area (Å²) in [4.78, 5) is 43.8. The van der Waals surface area contributed by atoms with Crippen LogP contribution in [0.4, 0.5) is 19.4 Å². The van der Waals surface area contributed by atoms with Crippen molar-refractivity contribution in [2.75, 3.05) is 31.5 Å². The van der Waals surface area contributed by atoms with Crippen molar-refractivity contribution in [3.05, 3.63) is 95.3 Å². The number of alkyl carbamates (subject to hydrolysis) is 1. The van der Waals surface area contributed by atoms with Crippen LogP contribution in [0.25, 0.3) is 11.3 Å². The lowest BCUT2D eigenvalue weighted by Crippen LogP contribution is -2.47. The number of allylic oxidation sites excluding steroid dienone is 1. The molecule has 2 heterocycles. The van der Waals surface area contributed by atoms with Crippen LogP contribution in [-0.2, 0) is 16.0 Å². The molecule has 0 unspecified atom stereocenters. The molecule has 1 aliphatic rings. The Morgan fingerprint density at radius 2 is 1.93 bits per heavy atom. The molecule has 1 saturated heterocycles. The third-order valence-corrected chi connectivity index (χ3v) is 6.97. The number of nitrogens with zero attached hydrogens (tertiary/aromatic N) is 3. The van der Waals surface area contributed by atoms with Gasteiger partial charge in [0.1, 0.15) is 29.7 Å². The number of rotatable bonds is 11. The number of carbonyl (C=O) groups excluding carboxylic acids is 3. The molecule has 1 fully saturated rings. The summed E-state index contributed by atoms with van der Waals surface area (Å²) in [5.74, 6) is -1.85. The summed E-state index contributed by atoms with van der Waals surface area (Å²) in [6.07, 6.45) is 0.938. The number of ether oxygens (including phenoxy) is 1. The van der Waals surface area contributed by atoms with Gasteiger partial charge in [0.25, 0.3) is 5.91 Å². The first-order valence-corrected chi connectivity index (χ1v) is 14.0. The average Bonchev–Trinajstić information content (AvgIpc) is 3.48. The maximum Gasteiger partial charge on any atom is 0.412 e. The second-order valence-corrected chi connectivity index (χ2v) is 10.2. The number of anilines is 1. The molecular weight excluding hydrogens is 570 g/mol. The first-order chi connectivity index (χ1) is 21.2. The van der Waals surface area contributed by atoms with Crippen LogP contribution >= 0.6 is 0 Å². The fourth-order valence-electron chi connectivity index (χ4n) is 4.92. The Balaban J connectivity index is 1.50. The number of hydrogen-bond acceptors (Lipinski definition) is 7. The minimum atomic E-state index is -0.793. The monoisotopic (exact) mass is 602 g/mol. The summed E-state index contributed by atoms with van der Waals surface area (Å²) >= 11 is 0. The number of amides is 3. The minimum absolute atomic E-state index is 0.0694. The highest BCUT2D eigenvalue weighted by Crippen LogP contribution is 2.28. The van der Waals surface area contributed by atoms with Crippen LogP contribution in [0, 0.1) is 23.0 Å². The van der Waals surface area contributed by atoms with Gasteiger partial charge in [-0.1, -0.05) is 36.9 Å². The Morgan fingerprint density at radius 3 is 2.68 bits per heavy atom. The molecule has 0 radical (unpaired) electrons. The number of halogens is 2. The molecular formula is C32H32F2N6O4. The molecule has 4 rings (SSSR count). The van der Waals surface area contributed by atoms with Gasteiger partial charge in [-0.15, -0.1) is 0 Å². The Labute approximate surface area is 253 Å². The highest BCUT2D eigenvalue weighted by molar-refractivity contribution is 5.99.